The van der Waals surface area contributed by atoms with Crippen LogP contribution in [0.25, 0.3) is 0 Å². The smallest absolute Gasteiger partial charge is 0.338 e. The van der Waals surface area contributed by atoms with E-state index in [-0.39, 0.29) is 19.8 Å². The first-order chi connectivity index (χ1) is 12.8. The van der Waals surface area contributed by atoms with Crippen LogP contribution in [0.2, 0.25) is 0 Å². The average Bonchev–Trinajstić information content (AvgIpc) is 2.61. The summed E-state index contributed by atoms with van der Waals surface area (Å²) in [6, 6.07) is -1.66. The van der Waals surface area contributed by atoms with Gasteiger partial charge in [0.1, 0.15) is 18.1 Å². The highest BCUT2D eigenvalue weighted by Crippen LogP contribution is 2.41. The van der Waals surface area contributed by atoms with E-state index >= 15 is 0 Å². The molecule has 0 saturated heterocycles. The molecule has 0 fully saturated rings. The van der Waals surface area contributed by atoms with Gasteiger partial charge in [-0.2, -0.15) is 0 Å². The fourth-order valence-corrected chi connectivity index (χ4v) is 3.02. The van der Waals surface area contributed by atoms with E-state index in [1.54, 1.807) is 20.8 Å². The summed E-state index contributed by atoms with van der Waals surface area (Å²) < 4.78 is 20.8. The van der Waals surface area contributed by atoms with Crippen molar-refractivity contribution in [2.24, 2.45) is 5.92 Å². The largest absolute Gasteiger partial charge is 0.507 e. The number of nitro groups is 1. The molecule has 10 heteroatoms. The van der Waals surface area contributed by atoms with Crippen molar-refractivity contribution in [2.75, 3.05) is 26.9 Å². The normalized spacial score (nSPS) is 19.5. The van der Waals surface area contributed by atoms with Gasteiger partial charge < -0.3 is 24.1 Å². The maximum absolute atomic E-state index is 12.3. The quantitative estimate of drug-likeness (QED) is 0.256. The predicted molar refractivity (Wildman–Crippen MR) is 92.3 cm³/mol. The molecule has 0 aromatic carbocycles. The van der Waals surface area contributed by atoms with Crippen LogP contribution in [0.5, 0.6) is 0 Å². The van der Waals surface area contributed by atoms with Crippen LogP contribution in [-0.2, 0) is 28.5 Å². The number of nitrogens with zero attached hydrogens (tertiary/aromatic N) is 1. The Labute approximate surface area is 156 Å². The topological polar surface area (TPSA) is 134 Å². The number of aliphatic hydroxyl groups is 1. The third-order valence-corrected chi connectivity index (χ3v) is 3.98. The van der Waals surface area contributed by atoms with E-state index in [2.05, 4.69) is 4.74 Å². The molecule has 0 unspecified atom stereocenters. The van der Waals surface area contributed by atoms with Gasteiger partial charge in [-0.15, -0.1) is 0 Å². The second-order valence-corrected chi connectivity index (χ2v) is 5.55. The van der Waals surface area contributed by atoms with Crippen molar-refractivity contribution in [2.45, 2.75) is 39.0 Å². The fraction of sp³-hybridized carbons (Fsp3) is 0.647. The number of carbonyl (C=O) groups is 2. The summed E-state index contributed by atoms with van der Waals surface area (Å²) in [5.74, 6) is -5.49. The van der Waals surface area contributed by atoms with E-state index in [0.717, 1.165) is 13.2 Å². The van der Waals surface area contributed by atoms with Gasteiger partial charge >= 0.3 is 11.9 Å². The minimum atomic E-state index is -1.73. The zero-order valence-electron chi connectivity index (χ0n) is 15.8. The van der Waals surface area contributed by atoms with Gasteiger partial charge in [-0.05, 0) is 32.9 Å². The summed E-state index contributed by atoms with van der Waals surface area (Å²) in [7, 11) is 1.08. The molecule has 0 aromatic rings. The van der Waals surface area contributed by atoms with Crippen LogP contribution in [0.3, 0.4) is 0 Å². The maximum Gasteiger partial charge on any atom is 0.338 e. The van der Waals surface area contributed by atoms with Crippen molar-refractivity contribution in [3.63, 3.8) is 0 Å². The summed E-state index contributed by atoms with van der Waals surface area (Å²) in [5, 5.41) is 22.0. The van der Waals surface area contributed by atoms with Crippen molar-refractivity contribution < 1.29 is 38.6 Å². The zero-order valence-corrected chi connectivity index (χ0v) is 15.8. The van der Waals surface area contributed by atoms with Gasteiger partial charge in [-0.3, -0.25) is 14.9 Å². The summed E-state index contributed by atoms with van der Waals surface area (Å²) in [4.78, 5) is 35.3. The Kier molecular flexibility index (Phi) is 8.38. The van der Waals surface area contributed by atoms with Crippen molar-refractivity contribution in [3.8, 4) is 0 Å². The van der Waals surface area contributed by atoms with E-state index in [1.807, 2.05) is 0 Å². The molecule has 152 valence electrons. The van der Waals surface area contributed by atoms with Gasteiger partial charge in [-0.1, -0.05) is 0 Å². The Morgan fingerprint density at radius 2 is 1.85 bits per heavy atom. The van der Waals surface area contributed by atoms with Crippen LogP contribution in [0, 0.1) is 16.0 Å². The van der Waals surface area contributed by atoms with E-state index in [0.29, 0.717) is 0 Å². The van der Waals surface area contributed by atoms with Gasteiger partial charge in [0.15, 0.2) is 0 Å². The standard InChI is InChI=1S/C17H25NO9/c1-5-25-13(20)10-11(18(22)23)15-14(16(21)24-4)12(19)8-9-17(15,26-6-2)27-7-3/h8-9,11,15,19H,5-7,10H2,1-4H3/t11-,15-/m1/s1. The number of esters is 2. The third-order valence-electron chi connectivity index (χ3n) is 3.98. The Hall–Kier alpha value is -2.46. The molecule has 1 rings (SSSR count). The van der Waals surface area contributed by atoms with Gasteiger partial charge in [-0.25, -0.2) is 4.79 Å². The number of hydrogen-bond donors (Lipinski definition) is 1. The molecule has 0 aliphatic heterocycles. The van der Waals surface area contributed by atoms with Crippen LogP contribution < -0.4 is 0 Å². The molecule has 0 saturated carbocycles. The third kappa shape index (κ3) is 5.04. The Morgan fingerprint density at radius 1 is 1.26 bits per heavy atom. The average molecular weight is 387 g/mol. The molecule has 1 aliphatic rings. The molecule has 2 atom stereocenters. The van der Waals surface area contributed by atoms with Crippen molar-refractivity contribution in [3.05, 3.63) is 33.6 Å². The Balaban J connectivity index is 3.57. The Morgan fingerprint density at radius 3 is 2.30 bits per heavy atom. The molecular weight excluding hydrogens is 362 g/mol. The minimum absolute atomic E-state index is 0.0425. The lowest BCUT2D eigenvalue weighted by Crippen LogP contribution is -2.54. The molecule has 0 spiro atoms. The second-order valence-electron chi connectivity index (χ2n) is 5.55. The highest BCUT2D eigenvalue weighted by molar-refractivity contribution is 5.91. The lowest BCUT2D eigenvalue weighted by atomic mass is 9.78. The van der Waals surface area contributed by atoms with E-state index in [9.17, 15) is 24.8 Å². The zero-order chi connectivity index (χ0) is 20.6. The molecule has 0 aromatic heterocycles. The van der Waals surface area contributed by atoms with Crippen LogP contribution in [0.15, 0.2) is 23.5 Å². The van der Waals surface area contributed by atoms with Crippen LogP contribution in [-0.4, -0.2) is 60.7 Å². The Bertz CT molecular complexity index is 620. The maximum atomic E-state index is 12.3. The fourth-order valence-electron chi connectivity index (χ4n) is 3.02. The highest BCUT2D eigenvalue weighted by atomic mass is 16.7. The molecule has 0 heterocycles. The van der Waals surface area contributed by atoms with Gasteiger partial charge in [0.2, 0.25) is 11.8 Å². The molecule has 1 N–H and O–H groups in total. The van der Waals surface area contributed by atoms with Crippen LogP contribution in [0.4, 0.5) is 0 Å². The summed E-state index contributed by atoms with van der Waals surface area (Å²) in [5.41, 5.74) is -0.395. The van der Waals surface area contributed by atoms with E-state index in [1.165, 1.54) is 6.08 Å². The number of ether oxygens (including phenoxy) is 4. The number of rotatable bonds is 10. The predicted octanol–water partition coefficient (Wildman–Crippen LogP) is 1.53. The highest BCUT2D eigenvalue weighted by Gasteiger charge is 2.56. The molecule has 1 aliphatic carbocycles. The summed E-state index contributed by atoms with van der Waals surface area (Å²) in [6.07, 6.45) is 1.82. The van der Waals surface area contributed by atoms with Crippen molar-refractivity contribution in [1.29, 1.82) is 0 Å². The first-order valence-corrected chi connectivity index (χ1v) is 8.55. The van der Waals surface area contributed by atoms with Crippen LogP contribution >= 0.6 is 0 Å². The van der Waals surface area contributed by atoms with E-state index in [4.69, 9.17) is 14.2 Å². The van der Waals surface area contributed by atoms with Gasteiger partial charge in [0, 0.05) is 18.1 Å². The molecular formula is C17H25NO9. The van der Waals surface area contributed by atoms with Crippen LogP contribution in [0.1, 0.15) is 27.2 Å². The lowest BCUT2D eigenvalue weighted by Gasteiger charge is -2.40. The molecule has 27 heavy (non-hydrogen) atoms. The molecule has 0 bridgehead atoms. The van der Waals surface area contributed by atoms with Crippen molar-refractivity contribution in [1.82, 2.24) is 0 Å². The monoisotopic (exact) mass is 387 g/mol. The molecule has 0 radical (unpaired) electrons. The SMILES string of the molecule is CCOC(=O)C[C@H]([C@@H]1C(C(=O)OC)=C(O)C=CC1(OCC)OCC)[N+](=O)[O-]. The minimum Gasteiger partial charge on any atom is -0.507 e. The van der Waals surface area contributed by atoms with Gasteiger partial charge in [0.05, 0.1) is 19.3 Å². The molecule has 0 amide bonds. The van der Waals surface area contributed by atoms with Gasteiger partial charge in [0.25, 0.3) is 0 Å². The summed E-state index contributed by atoms with van der Waals surface area (Å²) >= 11 is 0. The second kappa shape index (κ2) is 10.0. The van der Waals surface area contributed by atoms with E-state index < -0.39 is 52.4 Å². The summed E-state index contributed by atoms with van der Waals surface area (Å²) in [6.45, 7) is 5.10. The first-order valence-electron chi connectivity index (χ1n) is 8.55. The number of carbonyl (C=O) groups excluding carboxylic acids is 2. The number of aliphatic hydroxyl groups excluding tert-OH is 1. The number of hydrogen-bond acceptors (Lipinski definition) is 9. The first kappa shape index (κ1) is 22.6. The lowest BCUT2D eigenvalue weighted by molar-refractivity contribution is -0.538. The van der Waals surface area contributed by atoms with Crippen molar-refractivity contribution >= 4 is 11.9 Å². The number of methoxy groups -OCH3 is 1. The number of allylic oxidation sites excluding steroid dienone is 1. The molecule has 10 nitrogen and oxygen atoms in total.